The van der Waals surface area contributed by atoms with Gasteiger partial charge < -0.3 is 4.42 Å². The summed E-state index contributed by atoms with van der Waals surface area (Å²) in [5, 5.41) is 0. The van der Waals surface area contributed by atoms with E-state index in [1.807, 2.05) is 44.2 Å². The van der Waals surface area contributed by atoms with Gasteiger partial charge in [-0.3, -0.25) is 4.79 Å². The van der Waals surface area contributed by atoms with E-state index in [4.69, 9.17) is 4.42 Å². The van der Waals surface area contributed by atoms with Crippen molar-refractivity contribution in [1.29, 1.82) is 0 Å². The second-order valence-corrected chi connectivity index (χ2v) is 3.62. The number of carbonyl (C=O) groups excluding carboxylic acids is 1. The SMILES string of the molecule is Cc1ccc(C=O)c(-c2ccc(C)o2)c1. The first-order valence-corrected chi connectivity index (χ1v) is 4.83. The van der Waals surface area contributed by atoms with E-state index in [1.165, 1.54) is 0 Å². The Morgan fingerprint density at radius 3 is 2.53 bits per heavy atom. The molecule has 0 aliphatic carbocycles. The van der Waals surface area contributed by atoms with E-state index >= 15 is 0 Å². The summed E-state index contributed by atoms with van der Waals surface area (Å²) >= 11 is 0. The van der Waals surface area contributed by atoms with Crippen LogP contribution in [-0.2, 0) is 0 Å². The van der Waals surface area contributed by atoms with Gasteiger partial charge in [0.25, 0.3) is 0 Å². The number of aryl methyl sites for hydroxylation is 2. The van der Waals surface area contributed by atoms with Gasteiger partial charge in [-0.15, -0.1) is 0 Å². The summed E-state index contributed by atoms with van der Waals surface area (Å²) in [5.41, 5.74) is 2.64. The van der Waals surface area contributed by atoms with Crippen molar-refractivity contribution in [3.8, 4) is 11.3 Å². The Kier molecular flexibility index (Phi) is 2.42. The van der Waals surface area contributed by atoms with Crippen LogP contribution in [0.1, 0.15) is 21.7 Å². The van der Waals surface area contributed by atoms with Crippen molar-refractivity contribution >= 4 is 6.29 Å². The standard InChI is InChI=1S/C13H12O2/c1-9-3-5-11(8-14)12(7-9)13-6-4-10(2)15-13/h3-8H,1-2H3. The van der Waals surface area contributed by atoms with Crippen LogP contribution in [0.2, 0.25) is 0 Å². The molecule has 0 fully saturated rings. The van der Waals surface area contributed by atoms with Gasteiger partial charge in [0, 0.05) is 11.1 Å². The van der Waals surface area contributed by atoms with Crippen molar-refractivity contribution in [2.75, 3.05) is 0 Å². The molecule has 0 bridgehead atoms. The molecular formula is C13H12O2. The smallest absolute Gasteiger partial charge is 0.150 e. The van der Waals surface area contributed by atoms with Crippen LogP contribution in [-0.4, -0.2) is 6.29 Å². The molecule has 2 aromatic rings. The zero-order valence-electron chi connectivity index (χ0n) is 8.78. The fourth-order valence-electron chi connectivity index (χ4n) is 1.57. The van der Waals surface area contributed by atoms with E-state index in [0.717, 1.165) is 28.9 Å². The molecule has 2 nitrogen and oxygen atoms in total. The van der Waals surface area contributed by atoms with E-state index in [1.54, 1.807) is 0 Å². The molecule has 0 saturated heterocycles. The van der Waals surface area contributed by atoms with Crippen molar-refractivity contribution in [3.63, 3.8) is 0 Å². The van der Waals surface area contributed by atoms with E-state index in [9.17, 15) is 4.79 Å². The third-order valence-corrected chi connectivity index (χ3v) is 2.34. The maximum absolute atomic E-state index is 10.9. The lowest BCUT2D eigenvalue weighted by Gasteiger charge is -2.02. The fourth-order valence-corrected chi connectivity index (χ4v) is 1.57. The Morgan fingerprint density at radius 1 is 1.13 bits per heavy atom. The molecule has 2 rings (SSSR count). The van der Waals surface area contributed by atoms with Gasteiger partial charge in [-0.1, -0.05) is 17.7 Å². The minimum atomic E-state index is 0.662. The van der Waals surface area contributed by atoms with Crippen LogP contribution in [0.15, 0.2) is 34.7 Å². The van der Waals surface area contributed by atoms with Crippen LogP contribution in [0.5, 0.6) is 0 Å². The van der Waals surface area contributed by atoms with Crippen LogP contribution < -0.4 is 0 Å². The van der Waals surface area contributed by atoms with Crippen molar-refractivity contribution in [3.05, 3.63) is 47.2 Å². The van der Waals surface area contributed by atoms with Crippen molar-refractivity contribution in [2.24, 2.45) is 0 Å². The molecule has 15 heavy (non-hydrogen) atoms. The van der Waals surface area contributed by atoms with Gasteiger partial charge in [0.05, 0.1) is 0 Å². The molecule has 0 radical (unpaired) electrons. The first-order chi connectivity index (χ1) is 7.20. The second kappa shape index (κ2) is 3.73. The van der Waals surface area contributed by atoms with Gasteiger partial charge >= 0.3 is 0 Å². The lowest BCUT2D eigenvalue weighted by molar-refractivity contribution is 0.112. The number of carbonyl (C=O) groups is 1. The molecule has 0 aliphatic heterocycles. The van der Waals surface area contributed by atoms with E-state index in [-0.39, 0.29) is 0 Å². The molecule has 1 aromatic heterocycles. The molecule has 0 N–H and O–H groups in total. The monoisotopic (exact) mass is 200 g/mol. The Labute approximate surface area is 88.5 Å². The topological polar surface area (TPSA) is 30.2 Å². The number of hydrogen-bond donors (Lipinski definition) is 0. The molecule has 0 atom stereocenters. The maximum atomic E-state index is 10.9. The van der Waals surface area contributed by atoms with Crippen molar-refractivity contribution in [1.82, 2.24) is 0 Å². The van der Waals surface area contributed by atoms with Crippen molar-refractivity contribution in [2.45, 2.75) is 13.8 Å². The molecule has 0 saturated carbocycles. The average Bonchev–Trinajstić information content (AvgIpc) is 2.65. The highest BCUT2D eigenvalue weighted by atomic mass is 16.3. The summed E-state index contributed by atoms with van der Waals surface area (Å²) in [4.78, 5) is 10.9. The Balaban J connectivity index is 2.59. The van der Waals surface area contributed by atoms with E-state index < -0.39 is 0 Å². The zero-order valence-corrected chi connectivity index (χ0v) is 8.78. The largest absolute Gasteiger partial charge is 0.461 e. The molecule has 0 spiro atoms. The first kappa shape index (κ1) is 9.71. The summed E-state index contributed by atoms with van der Waals surface area (Å²) in [6.07, 6.45) is 0.854. The Bertz CT molecular complexity index is 495. The third-order valence-electron chi connectivity index (χ3n) is 2.34. The molecule has 1 aromatic carbocycles. The van der Waals surface area contributed by atoms with Gasteiger partial charge in [0.15, 0.2) is 6.29 Å². The summed E-state index contributed by atoms with van der Waals surface area (Å²) in [6, 6.07) is 9.48. The summed E-state index contributed by atoms with van der Waals surface area (Å²) in [7, 11) is 0. The molecule has 0 unspecified atom stereocenters. The summed E-state index contributed by atoms with van der Waals surface area (Å²) in [6.45, 7) is 3.88. The predicted molar refractivity (Wildman–Crippen MR) is 59.0 cm³/mol. The minimum absolute atomic E-state index is 0.662. The molecule has 0 aliphatic rings. The Hall–Kier alpha value is -1.83. The van der Waals surface area contributed by atoms with Crippen LogP contribution >= 0.6 is 0 Å². The number of rotatable bonds is 2. The summed E-state index contributed by atoms with van der Waals surface area (Å²) in [5.74, 6) is 1.60. The average molecular weight is 200 g/mol. The molecular weight excluding hydrogens is 188 g/mol. The Morgan fingerprint density at radius 2 is 1.93 bits per heavy atom. The predicted octanol–water partition coefficient (Wildman–Crippen LogP) is 3.38. The van der Waals surface area contributed by atoms with Gasteiger partial charge in [-0.25, -0.2) is 0 Å². The highest BCUT2D eigenvalue weighted by Gasteiger charge is 2.08. The highest BCUT2D eigenvalue weighted by molar-refractivity contribution is 5.86. The second-order valence-electron chi connectivity index (χ2n) is 3.62. The zero-order chi connectivity index (χ0) is 10.8. The van der Waals surface area contributed by atoms with Gasteiger partial charge in [-0.05, 0) is 32.0 Å². The van der Waals surface area contributed by atoms with Crippen LogP contribution in [0.25, 0.3) is 11.3 Å². The maximum Gasteiger partial charge on any atom is 0.150 e. The fraction of sp³-hybridized carbons (Fsp3) is 0.154. The number of hydrogen-bond acceptors (Lipinski definition) is 2. The quantitative estimate of drug-likeness (QED) is 0.695. The van der Waals surface area contributed by atoms with Gasteiger partial charge in [0.2, 0.25) is 0 Å². The van der Waals surface area contributed by atoms with E-state index in [2.05, 4.69) is 0 Å². The third kappa shape index (κ3) is 1.84. The highest BCUT2D eigenvalue weighted by Crippen LogP contribution is 2.25. The van der Waals surface area contributed by atoms with Gasteiger partial charge in [-0.2, -0.15) is 0 Å². The lowest BCUT2D eigenvalue weighted by atomic mass is 10.0. The van der Waals surface area contributed by atoms with Crippen LogP contribution in [0, 0.1) is 13.8 Å². The summed E-state index contributed by atoms with van der Waals surface area (Å²) < 4.78 is 5.51. The molecule has 76 valence electrons. The molecule has 1 heterocycles. The number of aldehydes is 1. The van der Waals surface area contributed by atoms with Crippen LogP contribution in [0.3, 0.4) is 0 Å². The normalized spacial score (nSPS) is 10.3. The first-order valence-electron chi connectivity index (χ1n) is 4.83. The van der Waals surface area contributed by atoms with Gasteiger partial charge in [0.1, 0.15) is 11.5 Å². The van der Waals surface area contributed by atoms with Crippen molar-refractivity contribution < 1.29 is 9.21 Å². The minimum Gasteiger partial charge on any atom is -0.461 e. The lowest BCUT2D eigenvalue weighted by Crippen LogP contribution is -1.87. The number of benzene rings is 1. The van der Waals surface area contributed by atoms with Crippen LogP contribution in [0.4, 0.5) is 0 Å². The van der Waals surface area contributed by atoms with E-state index in [0.29, 0.717) is 5.56 Å². The number of furan rings is 1. The molecule has 2 heteroatoms. The molecule has 0 amide bonds.